The smallest absolute Gasteiger partial charge is 0.194 e. The predicted octanol–water partition coefficient (Wildman–Crippen LogP) is 1.88. The van der Waals surface area contributed by atoms with Crippen LogP contribution < -0.4 is 10.2 Å². The van der Waals surface area contributed by atoms with Crippen LogP contribution in [0.3, 0.4) is 0 Å². The molecule has 1 fully saturated rings. The van der Waals surface area contributed by atoms with Gasteiger partial charge in [0.1, 0.15) is 12.4 Å². The molecule has 0 atom stereocenters. The normalized spacial score (nSPS) is 15.3. The van der Waals surface area contributed by atoms with Gasteiger partial charge in [-0.25, -0.2) is 4.99 Å². The molecule has 3 rings (SSSR count). The van der Waals surface area contributed by atoms with E-state index < -0.39 is 0 Å². The van der Waals surface area contributed by atoms with Crippen LogP contribution in [0.2, 0.25) is 0 Å². The first-order valence-corrected chi connectivity index (χ1v) is 10.8. The molecule has 1 N–H and O–H groups in total. The largest absolute Gasteiger partial charge is 0.382 e. The van der Waals surface area contributed by atoms with Gasteiger partial charge < -0.3 is 24.4 Å². The number of ether oxygens (including phenoxy) is 1. The number of rotatable bonds is 8. The van der Waals surface area contributed by atoms with Gasteiger partial charge in [-0.1, -0.05) is 0 Å². The van der Waals surface area contributed by atoms with Gasteiger partial charge in [-0.15, -0.1) is 21.5 Å². The summed E-state index contributed by atoms with van der Waals surface area (Å²) in [5.41, 5.74) is 0. The summed E-state index contributed by atoms with van der Waals surface area (Å²) in [5.74, 6) is 2.73. The van der Waals surface area contributed by atoms with Crippen molar-refractivity contribution in [2.75, 3.05) is 50.8 Å². The lowest BCUT2D eigenvalue weighted by atomic mass is 10.3. The zero-order chi connectivity index (χ0) is 19.8. The van der Waals surface area contributed by atoms with Crippen molar-refractivity contribution in [1.82, 2.24) is 25.0 Å². The number of aromatic nitrogens is 3. The molecular weight excluding hydrogens is 374 g/mol. The van der Waals surface area contributed by atoms with Gasteiger partial charge in [0.05, 0.1) is 5.00 Å². The summed E-state index contributed by atoms with van der Waals surface area (Å²) in [6.45, 7) is 10.8. The van der Waals surface area contributed by atoms with Crippen molar-refractivity contribution in [3.8, 4) is 0 Å². The van der Waals surface area contributed by atoms with Crippen molar-refractivity contribution in [3.05, 3.63) is 29.2 Å². The molecule has 1 aliphatic heterocycles. The molecular formula is C19H31N7OS. The lowest BCUT2D eigenvalue weighted by Crippen LogP contribution is -2.52. The number of guanidine groups is 1. The Morgan fingerprint density at radius 1 is 1.29 bits per heavy atom. The maximum absolute atomic E-state index is 5.44. The first-order valence-electron chi connectivity index (χ1n) is 9.93. The van der Waals surface area contributed by atoms with Crippen molar-refractivity contribution in [2.24, 2.45) is 12.0 Å². The molecule has 0 aliphatic carbocycles. The molecule has 0 amide bonds. The molecule has 28 heavy (non-hydrogen) atoms. The Balaban J connectivity index is 1.60. The molecule has 0 radical (unpaired) electrons. The van der Waals surface area contributed by atoms with Crippen LogP contribution in [-0.2, 0) is 18.3 Å². The Bertz CT molecular complexity index is 736. The highest BCUT2D eigenvalue weighted by atomic mass is 32.1. The van der Waals surface area contributed by atoms with E-state index in [0.717, 1.165) is 70.0 Å². The van der Waals surface area contributed by atoms with E-state index in [2.05, 4.69) is 42.8 Å². The van der Waals surface area contributed by atoms with Gasteiger partial charge in [-0.05, 0) is 37.8 Å². The number of hydrogen-bond donors (Lipinski definition) is 1. The Morgan fingerprint density at radius 3 is 2.75 bits per heavy atom. The number of piperazine rings is 1. The molecule has 154 valence electrons. The highest BCUT2D eigenvalue weighted by molar-refractivity contribution is 7.14. The Labute approximate surface area is 171 Å². The number of aryl methyl sites for hydroxylation is 1. The summed E-state index contributed by atoms with van der Waals surface area (Å²) in [6, 6.07) is 4.31. The van der Waals surface area contributed by atoms with Crippen molar-refractivity contribution < 1.29 is 4.74 Å². The van der Waals surface area contributed by atoms with Crippen LogP contribution >= 0.6 is 11.3 Å². The Hall–Kier alpha value is -2.13. The second kappa shape index (κ2) is 10.4. The fraction of sp³-hybridized carbons (Fsp3) is 0.632. The van der Waals surface area contributed by atoms with Gasteiger partial charge in [0.15, 0.2) is 11.8 Å². The van der Waals surface area contributed by atoms with E-state index in [1.807, 2.05) is 25.5 Å². The summed E-state index contributed by atoms with van der Waals surface area (Å²) in [4.78, 5) is 9.63. The molecule has 3 heterocycles. The van der Waals surface area contributed by atoms with Crippen molar-refractivity contribution >= 4 is 22.3 Å². The molecule has 0 aromatic carbocycles. The second-order valence-corrected chi connectivity index (χ2v) is 7.69. The first-order chi connectivity index (χ1) is 13.7. The molecule has 0 bridgehead atoms. The van der Waals surface area contributed by atoms with Crippen LogP contribution in [0.1, 0.15) is 25.0 Å². The summed E-state index contributed by atoms with van der Waals surface area (Å²) >= 11 is 1.80. The van der Waals surface area contributed by atoms with Crippen LogP contribution in [0.15, 0.2) is 22.5 Å². The fourth-order valence-electron chi connectivity index (χ4n) is 3.11. The second-order valence-electron chi connectivity index (χ2n) is 6.76. The van der Waals surface area contributed by atoms with Gasteiger partial charge >= 0.3 is 0 Å². The maximum atomic E-state index is 5.44. The van der Waals surface area contributed by atoms with Crippen LogP contribution in [0.5, 0.6) is 0 Å². The molecule has 1 aliphatic rings. The lowest BCUT2D eigenvalue weighted by molar-refractivity contribution is 0.145. The standard InChI is InChI=1S/C19H31N7OS/c1-4-27-13-6-8-20-19(21-15-17-23-22-16(2)24(17)3)26-11-9-25(10-12-26)18-7-5-14-28-18/h5,7,14H,4,6,8-13,15H2,1-3H3,(H,20,21). The fourth-order valence-corrected chi connectivity index (χ4v) is 3.89. The highest BCUT2D eigenvalue weighted by Crippen LogP contribution is 2.22. The van der Waals surface area contributed by atoms with E-state index in [9.17, 15) is 0 Å². The molecule has 8 nitrogen and oxygen atoms in total. The van der Waals surface area contributed by atoms with Crippen LogP contribution in [0.4, 0.5) is 5.00 Å². The van der Waals surface area contributed by atoms with Crippen molar-refractivity contribution in [3.63, 3.8) is 0 Å². The highest BCUT2D eigenvalue weighted by Gasteiger charge is 2.20. The zero-order valence-electron chi connectivity index (χ0n) is 17.1. The number of nitrogens with zero attached hydrogens (tertiary/aromatic N) is 6. The number of aliphatic imine (C=N–C) groups is 1. The van der Waals surface area contributed by atoms with Gasteiger partial charge in [0.2, 0.25) is 0 Å². The average molecular weight is 406 g/mol. The topological polar surface area (TPSA) is 70.8 Å². The van der Waals surface area contributed by atoms with Crippen LogP contribution in [0, 0.1) is 6.92 Å². The van der Waals surface area contributed by atoms with E-state index in [-0.39, 0.29) is 0 Å². The SMILES string of the molecule is CCOCCCNC(=NCc1nnc(C)n1C)N1CCN(c2cccs2)CC1. The number of hydrogen-bond acceptors (Lipinski definition) is 6. The molecule has 1 saturated heterocycles. The van der Waals surface area contributed by atoms with E-state index >= 15 is 0 Å². The summed E-state index contributed by atoms with van der Waals surface area (Å²) in [7, 11) is 1.98. The van der Waals surface area contributed by atoms with Crippen LogP contribution in [0.25, 0.3) is 0 Å². The third-order valence-electron chi connectivity index (χ3n) is 4.90. The van der Waals surface area contributed by atoms with Crippen LogP contribution in [-0.4, -0.2) is 71.6 Å². The molecule has 2 aromatic rings. The Kier molecular flexibility index (Phi) is 7.67. The summed E-state index contributed by atoms with van der Waals surface area (Å²) in [6.07, 6.45) is 0.963. The zero-order valence-corrected chi connectivity index (χ0v) is 17.9. The molecule has 2 aromatic heterocycles. The predicted molar refractivity (Wildman–Crippen MR) is 114 cm³/mol. The van der Waals surface area contributed by atoms with Gasteiger partial charge in [0, 0.05) is 53.0 Å². The van der Waals surface area contributed by atoms with Gasteiger partial charge in [0.25, 0.3) is 0 Å². The molecule has 9 heteroatoms. The molecule has 0 unspecified atom stereocenters. The van der Waals surface area contributed by atoms with E-state index in [4.69, 9.17) is 9.73 Å². The van der Waals surface area contributed by atoms with Gasteiger partial charge in [-0.3, -0.25) is 0 Å². The molecule has 0 spiro atoms. The number of thiophene rings is 1. The minimum Gasteiger partial charge on any atom is -0.382 e. The minimum absolute atomic E-state index is 0.524. The van der Waals surface area contributed by atoms with E-state index in [1.165, 1.54) is 5.00 Å². The third-order valence-corrected chi connectivity index (χ3v) is 5.83. The minimum atomic E-state index is 0.524. The summed E-state index contributed by atoms with van der Waals surface area (Å²) in [5, 5.41) is 15.4. The monoisotopic (exact) mass is 405 g/mol. The third kappa shape index (κ3) is 5.45. The van der Waals surface area contributed by atoms with Crippen molar-refractivity contribution in [1.29, 1.82) is 0 Å². The Morgan fingerprint density at radius 2 is 2.11 bits per heavy atom. The average Bonchev–Trinajstić information content (AvgIpc) is 3.36. The number of anilines is 1. The quantitative estimate of drug-likeness (QED) is 0.411. The maximum Gasteiger partial charge on any atom is 0.194 e. The van der Waals surface area contributed by atoms with E-state index in [1.54, 1.807) is 11.3 Å². The van der Waals surface area contributed by atoms with Crippen molar-refractivity contribution in [2.45, 2.75) is 26.8 Å². The lowest BCUT2D eigenvalue weighted by Gasteiger charge is -2.37. The van der Waals surface area contributed by atoms with Gasteiger partial charge in [-0.2, -0.15) is 0 Å². The summed E-state index contributed by atoms with van der Waals surface area (Å²) < 4.78 is 7.43. The first kappa shape index (κ1) is 20.6. The van der Waals surface area contributed by atoms with E-state index in [0.29, 0.717) is 6.54 Å². The molecule has 0 saturated carbocycles. The number of nitrogens with one attached hydrogen (secondary N) is 1.